The van der Waals surface area contributed by atoms with E-state index in [2.05, 4.69) is 0 Å². The first-order valence-electron chi connectivity index (χ1n) is 5.94. The van der Waals surface area contributed by atoms with Gasteiger partial charge in [-0.2, -0.15) is 9.57 Å². The van der Waals surface area contributed by atoms with Crippen LogP contribution in [0.3, 0.4) is 0 Å². The number of hydrogen-bond acceptors (Lipinski definition) is 4. The Bertz CT molecular complexity index is 743. The second kappa shape index (κ2) is 5.49. The summed E-state index contributed by atoms with van der Waals surface area (Å²) in [6.45, 7) is 1.87. The lowest BCUT2D eigenvalue weighted by Crippen LogP contribution is -2.26. The Labute approximate surface area is 118 Å². The van der Waals surface area contributed by atoms with Crippen molar-refractivity contribution in [3.05, 3.63) is 53.5 Å². The Morgan fingerprint density at radius 1 is 1.35 bits per heavy atom. The maximum absolute atomic E-state index is 12.4. The van der Waals surface area contributed by atoms with Gasteiger partial charge in [0.2, 0.25) is 10.0 Å². The summed E-state index contributed by atoms with van der Waals surface area (Å²) >= 11 is 0. The fourth-order valence-corrected chi connectivity index (χ4v) is 3.03. The van der Waals surface area contributed by atoms with Crippen molar-refractivity contribution in [3.63, 3.8) is 0 Å². The number of furan rings is 1. The SMILES string of the molecule is Cc1cc(S(=O)(=O)N(C)Cc2ccco2)ccc1C#N. The molecular weight excluding hydrogens is 276 g/mol. The van der Waals surface area contributed by atoms with Crippen LogP contribution in [0.15, 0.2) is 45.9 Å². The molecule has 0 aliphatic carbocycles. The van der Waals surface area contributed by atoms with Crippen LogP contribution in [0.1, 0.15) is 16.9 Å². The van der Waals surface area contributed by atoms with E-state index in [9.17, 15) is 8.42 Å². The van der Waals surface area contributed by atoms with E-state index in [0.29, 0.717) is 16.9 Å². The molecule has 0 bridgehead atoms. The number of benzene rings is 1. The predicted molar refractivity (Wildman–Crippen MR) is 73.3 cm³/mol. The lowest BCUT2D eigenvalue weighted by Gasteiger charge is -2.16. The van der Waals surface area contributed by atoms with Gasteiger partial charge in [0.15, 0.2) is 0 Å². The van der Waals surface area contributed by atoms with Crippen molar-refractivity contribution in [2.75, 3.05) is 7.05 Å². The van der Waals surface area contributed by atoms with Crippen molar-refractivity contribution in [2.24, 2.45) is 0 Å². The minimum atomic E-state index is -3.60. The van der Waals surface area contributed by atoms with Gasteiger partial charge in [0.05, 0.1) is 29.3 Å². The summed E-state index contributed by atoms with van der Waals surface area (Å²) in [6, 6.07) is 9.91. The van der Waals surface area contributed by atoms with Crippen molar-refractivity contribution < 1.29 is 12.8 Å². The fourth-order valence-electron chi connectivity index (χ4n) is 1.81. The van der Waals surface area contributed by atoms with Crippen molar-refractivity contribution in [2.45, 2.75) is 18.4 Å². The Balaban J connectivity index is 2.30. The molecule has 0 saturated heterocycles. The number of rotatable bonds is 4. The summed E-state index contributed by atoms with van der Waals surface area (Å²) < 4.78 is 31.2. The molecule has 0 spiro atoms. The average Bonchev–Trinajstić information content (AvgIpc) is 2.91. The number of sulfonamides is 1. The van der Waals surface area contributed by atoms with Gasteiger partial charge in [-0.05, 0) is 42.8 Å². The molecular formula is C14H14N2O3S. The fraction of sp³-hybridized carbons (Fsp3) is 0.214. The number of nitrogens with zero attached hydrogens (tertiary/aromatic N) is 2. The molecule has 2 rings (SSSR count). The third-order valence-corrected chi connectivity index (χ3v) is 4.78. The molecule has 0 unspecified atom stereocenters. The molecule has 0 saturated carbocycles. The van der Waals surface area contributed by atoms with Gasteiger partial charge in [-0.25, -0.2) is 8.42 Å². The first-order valence-corrected chi connectivity index (χ1v) is 7.38. The molecule has 1 aromatic carbocycles. The topological polar surface area (TPSA) is 74.3 Å². The van der Waals surface area contributed by atoms with E-state index >= 15 is 0 Å². The van der Waals surface area contributed by atoms with E-state index in [0.717, 1.165) is 0 Å². The molecule has 0 fully saturated rings. The summed E-state index contributed by atoms with van der Waals surface area (Å²) in [5, 5.41) is 8.87. The van der Waals surface area contributed by atoms with Crippen LogP contribution >= 0.6 is 0 Å². The van der Waals surface area contributed by atoms with Crippen LogP contribution in [0.25, 0.3) is 0 Å². The van der Waals surface area contributed by atoms with E-state index in [1.165, 1.54) is 35.8 Å². The first-order chi connectivity index (χ1) is 9.45. The average molecular weight is 290 g/mol. The molecule has 0 amide bonds. The van der Waals surface area contributed by atoms with E-state index < -0.39 is 10.0 Å². The van der Waals surface area contributed by atoms with Crippen molar-refractivity contribution in [1.82, 2.24) is 4.31 Å². The maximum Gasteiger partial charge on any atom is 0.243 e. The predicted octanol–water partition coefficient (Wildman–Crippen LogP) is 2.28. The Hall–Kier alpha value is -2.10. The summed E-state index contributed by atoms with van der Waals surface area (Å²) in [4.78, 5) is 0.169. The van der Waals surface area contributed by atoms with Crippen LogP contribution in [0.5, 0.6) is 0 Å². The molecule has 1 heterocycles. The highest BCUT2D eigenvalue weighted by atomic mass is 32.2. The molecule has 0 atom stereocenters. The molecule has 6 heteroatoms. The zero-order valence-corrected chi connectivity index (χ0v) is 12.0. The van der Waals surface area contributed by atoms with E-state index in [1.807, 2.05) is 6.07 Å². The number of hydrogen-bond donors (Lipinski definition) is 0. The minimum Gasteiger partial charge on any atom is -0.468 e. The van der Waals surface area contributed by atoms with Crippen LogP contribution in [0, 0.1) is 18.3 Å². The zero-order valence-electron chi connectivity index (χ0n) is 11.2. The van der Waals surface area contributed by atoms with E-state index in [4.69, 9.17) is 9.68 Å². The van der Waals surface area contributed by atoms with Crippen molar-refractivity contribution in [3.8, 4) is 6.07 Å². The lowest BCUT2D eigenvalue weighted by molar-refractivity contribution is 0.406. The minimum absolute atomic E-state index is 0.161. The monoisotopic (exact) mass is 290 g/mol. The van der Waals surface area contributed by atoms with Gasteiger partial charge in [-0.15, -0.1) is 0 Å². The van der Waals surface area contributed by atoms with Crippen LogP contribution in [-0.4, -0.2) is 19.8 Å². The van der Waals surface area contributed by atoms with Crippen LogP contribution in [0.2, 0.25) is 0 Å². The van der Waals surface area contributed by atoms with E-state index in [1.54, 1.807) is 19.1 Å². The molecule has 20 heavy (non-hydrogen) atoms. The quantitative estimate of drug-likeness (QED) is 0.865. The molecule has 0 aliphatic heterocycles. The Morgan fingerprint density at radius 3 is 2.65 bits per heavy atom. The molecule has 104 valence electrons. The third kappa shape index (κ3) is 2.74. The summed E-state index contributed by atoms with van der Waals surface area (Å²) in [7, 11) is -2.11. The van der Waals surface area contributed by atoms with Gasteiger partial charge in [0.25, 0.3) is 0 Å². The highest BCUT2D eigenvalue weighted by Gasteiger charge is 2.22. The van der Waals surface area contributed by atoms with Gasteiger partial charge in [0, 0.05) is 7.05 Å². The molecule has 0 N–H and O–H groups in total. The first kappa shape index (κ1) is 14.3. The van der Waals surface area contributed by atoms with Crippen LogP contribution < -0.4 is 0 Å². The Morgan fingerprint density at radius 2 is 2.10 bits per heavy atom. The summed E-state index contributed by atoms with van der Waals surface area (Å²) in [5.74, 6) is 0.571. The van der Waals surface area contributed by atoms with Gasteiger partial charge in [-0.1, -0.05) is 0 Å². The lowest BCUT2D eigenvalue weighted by atomic mass is 10.1. The van der Waals surface area contributed by atoms with Gasteiger partial charge in [-0.3, -0.25) is 0 Å². The molecule has 1 aromatic heterocycles. The molecule has 2 aromatic rings. The van der Waals surface area contributed by atoms with Crippen LogP contribution in [0.4, 0.5) is 0 Å². The Kier molecular flexibility index (Phi) is 3.93. The second-order valence-electron chi connectivity index (χ2n) is 4.43. The van der Waals surface area contributed by atoms with Crippen molar-refractivity contribution >= 4 is 10.0 Å². The normalized spacial score (nSPS) is 11.5. The van der Waals surface area contributed by atoms with Gasteiger partial charge < -0.3 is 4.42 Å². The number of aryl methyl sites for hydroxylation is 1. The van der Waals surface area contributed by atoms with Crippen LogP contribution in [-0.2, 0) is 16.6 Å². The highest BCUT2D eigenvalue weighted by molar-refractivity contribution is 7.89. The highest BCUT2D eigenvalue weighted by Crippen LogP contribution is 2.19. The summed E-state index contributed by atoms with van der Waals surface area (Å²) in [5.41, 5.74) is 1.11. The maximum atomic E-state index is 12.4. The third-order valence-electron chi connectivity index (χ3n) is 2.99. The molecule has 5 nitrogen and oxygen atoms in total. The molecule has 0 aliphatic rings. The summed E-state index contributed by atoms with van der Waals surface area (Å²) in [6.07, 6.45) is 1.50. The second-order valence-corrected chi connectivity index (χ2v) is 6.47. The standard InChI is InChI=1S/C14H14N2O3S/c1-11-8-14(6-5-12(11)9-15)20(17,18)16(2)10-13-4-3-7-19-13/h3-8H,10H2,1-2H3. The zero-order chi connectivity index (χ0) is 14.8. The number of nitriles is 1. The smallest absolute Gasteiger partial charge is 0.243 e. The van der Waals surface area contributed by atoms with Crippen molar-refractivity contribution in [1.29, 1.82) is 5.26 Å². The largest absolute Gasteiger partial charge is 0.468 e. The molecule has 0 radical (unpaired) electrons. The van der Waals surface area contributed by atoms with Gasteiger partial charge in [0.1, 0.15) is 5.76 Å². The van der Waals surface area contributed by atoms with Gasteiger partial charge >= 0.3 is 0 Å². The van der Waals surface area contributed by atoms with E-state index in [-0.39, 0.29) is 11.4 Å².